The summed E-state index contributed by atoms with van der Waals surface area (Å²) in [7, 11) is 1.59. The van der Waals surface area contributed by atoms with Crippen molar-refractivity contribution in [2.75, 3.05) is 20.3 Å². The highest BCUT2D eigenvalue weighted by atomic mass is 16.5. The number of oxazole rings is 1. The van der Waals surface area contributed by atoms with Gasteiger partial charge in [-0.25, -0.2) is 4.98 Å². The number of nitrogens with one attached hydrogen (secondary N) is 1. The van der Waals surface area contributed by atoms with Crippen molar-refractivity contribution in [3.63, 3.8) is 0 Å². The molecule has 0 aliphatic rings. The summed E-state index contributed by atoms with van der Waals surface area (Å²) in [6.45, 7) is 8.66. The number of carbonyl (C=O) groups excluding carboxylic acids is 1. The van der Waals surface area contributed by atoms with Gasteiger partial charge in [-0.1, -0.05) is 24.3 Å². The molecule has 1 N–H and O–H groups in total. The average Bonchev–Trinajstić information content (AvgIpc) is 3.05. The van der Waals surface area contributed by atoms with Crippen LogP contribution in [0.4, 0.5) is 0 Å². The molecule has 0 radical (unpaired) electrons. The number of amides is 1. The molecule has 6 nitrogen and oxygen atoms in total. The molecule has 0 unspecified atom stereocenters. The first-order valence-corrected chi connectivity index (χ1v) is 8.51. The molecule has 1 aromatic heterocycles. The van der Waals surface area contributed by atoms with Gasteiger partial charge in [0.25, 0.3) is 5.91 Å². The fourth-order valence-electron chi connectivity index (χ4n) is 2.45. The van der Waals surface area contributed by atoms with E-state index in [-0.39, 0.29) is 5.91 Å². The van der Waals surface area contributed by atoms with Crippen LogP contribution in [-0.4, -0.2) is 42.1 Å². The lowest BCUT2D eigenvalue weighted by Crippen LogP contribution is -2.30. The molecule has 136 valence electrons. The Labute approximate surface area is 149 Å². The van der Waals surface area contributed by atoms with Gasteiger partial charge in [0, 0.05) is 26.2 Å². The zero-order chi connectivity index (χ0) is 18.2. The highest BCUT2D eigenvalue weighted by molar-refractivity contribution is 5.91. The van der Waals surface area contributed by atoms with Gasteiger partial charge in [-0.15, -0.1) is 0 Å². The van der Waals surface area contributed by atoms with Crippen molar-refractivity contribution in [1.29, 1.82) is 0 Å². The summed E-state index contributed by atoms with van der Waals surface area (Å²) >= 11 is 0. The van der Waals surface area contributed by atoms with Gasteiger partial charge in [-0.3, -0.25) is 9.69 Å². The number of rotatable bonds is 9. The van der Waals surface area contributed by atoms with E-state index in [0.717, 1.165) is 6.54 Å². The number of carbonyl (C=O) groups is 1. The lowest BCUT2D eigenvalue weighted by atomic mass is 10.1. The minimum Gasteiger partial charge on any atom is -0.447 e. The molecule has 1 aromatic carbocycles. The van der Waals surface area contributed by atoms with Crippen LogP contribution in [0, 0.1) is 6.92 Å². The predicted molar refractivity (Wildman–Crippen MR) is 96.3 cm³/mol. The molecular weight excluding hydrogens is 318 g/mol. The first-order valence-electron chi connectivity index (χ1n) is 8.51. The Kier molecular flexibility index (Phi) is 7.16. The molecule has 0 bridgehead atoms. The Balaban J connectivity index is 2.00. The molecule has 6 heteroatoms. The number of aryl methyl sites for hydroxylation is 1. The summed E-state index contributed by atoms with van der Waals surface area (Å²) in [6.07, 6.45) is 1.41. The molecule has 0 aliphatic carbocycles. The molecule has 0 saturated heterocycles. The van der Waals surface area contributed by atoms with Crippen LogP contribution < -0.4 is 5.32 Å². The number of ether oxygens (including phenoxy) is 1. The zero-order valence-electron chi connectivity index (χ0n) is 15.4. The van der Waals surface area contributed by atoms with Gasteiger partial charge >= 0.3 is 0 Å². The van der Waals surface area contributed by atoms with Crippen LogP contribution in [0.3, 0.4) is 0 Å². The third kappa shape index (κ3) is 5.69. The summed E-state index contributed by atoms with van der Waals surface area (Å²) in [6, 6.07) is 8.66. The van der Waals surface area contributed by atoms with Crippen LogP contribution in [0.5, 0.6) is 0 Å². The zero-order valence-corrected chi connectivity index (χ0v) is 15.4. The quantitative estimate of drug-likeness (QED) is 0.708. The smallest absolute Gasteiger partial charge is 0.273 e. The minimum atomic E-state index is -0.248. The van der Waals surface area contributed by atoms with E-state index in [1.54, 1.807) is 7.11 Å². The number of hydrogen-bond donors (Lipinski definition) is 1. The van der Waals surface area contributed by atoms with Crippen LogP contribution in [0.1, 0.15) is 41.4 Å². The predicted octanol–water partition coefficient (Wildman–Crippen LogP) is 2.77. The number of hydrogen-bond acceptors (Lipinski definition) is 5. The van der Waals surface area contributed by atoms with Gasteiger partial charge < -0.3 is 14.5 Å². The highest BCUT2D eigenvalue weighted by Crippen LogP contribution is 2.16. The monoisotopic (exact) mass is 345 g/mol. The first-order chi connectivity index (χ1) is 12.0. The van der Waals surface area contributed by atoms with Crippen LogP contribution in [0.25, 0.3) is 0 Å². The second kappa shape index (κ2) is 9.34. The van der Waals surface area contributed by atoms with Gasteiger partial charge in [0.2, 0.25) is 5.89 Å². The highest BCUT2D eigenvalue weighted by Gasteiger charge is 2.17. The normalized spacial score (nSPS) is 11.3. The molecule has 1 heterocycles. The van der Waals surface area contributed by atoms with Crippen LogP contribution >= 0.6 is 0 Å². The van der Waals surface area contributed by atoms with Gasteiger partial charge in [-0.05, 0) is 31.9 Å². The summed E-state index contributed by atoms with van der Waals surface area (Å²) in [5, 5.41) is 2.74. The molecule has 0 aliphatic heterocycles. The topological polar surface area (TPSA) is 67.6 Å². The lowest BCUT2D eigenvalue weighted by molar-refractivity contribution is 0.0932. The second-order valence-electron chi connectivity index (χ2n) is 6.30. The van der Waals surface area contributed by atoms with Gasteiger partial charge in [-0.2, -0.15) is 0 Å². The molecule has 1 amide bonds. The Bertz CT molecular complexity index is 682. The summed E-state index contributed by atoms with van der Waals surface area (Å²) in [5.41, 5.74) is 2.84. The summed E-state index contributed by atoms with van der Waals surface area (Å²) in [4.78, 5) is 18.6. The largest absolute Gasteiger partial charge is 0.447 e. The van der Waals surface area contributed by atoms with Gasteiger partial charge in [0.15, 0.2) is 5.69 Å². The third-order valence-corrected chi connectivity index (χ3v) is 4.08. The van der Waals surface area contributed by atoms with Crippen LogP contribution in [-0.2, 0) is 17.8 Å². The molecule has 25 heavy (non-hydrogen) atoms. The molecular formula is C19H27N3O3. The lowest BCUT2D eigenvalue weighted by Gasteiger charge is -2.25. The summed E-state index contributed by atoms with van der Waals surface area (Å²) < 4.78 is 10.4. The van der Waals surface area contributed by atoms with E-state index in [4.69, 9.17) is 9.15 Å². The van der Waals surface area contributed by atoms with E-state index in [1.165, 1.54) is 17.4 Å². The van der Waals surface area contributed by atoms with Crippen LogP contribution in [0.2, 0.25) is 0 Å². The number of aromatic nitrogens is 1. The molecule has 0 atom stereocenters. The Morgan fingerprint density at radius 3 is 2.76 bits per heavy atom. The maximum absolute atomic E-state index is 12.0. The van der Waals surface area contributed by atoms with Crippen molar-refractivity contribution < 1.29 is 13.9 Å². The van der Waals surface area contributed by atoms with Crippen molar-refractivity contribution in [2.24, 2.45) is 0 Å². The van der Waals surface area contributed by atoms with Crippen molar-refractivity contribution >= 4 is 5.91 Å². The van der Waals surface area contributed by atoms with Crippen molar-refractivity contribution in [3.05, 3.63) is 53.2 Å². The van der Waals surface area contributed by atoms with E-state index in [0.29, 0.717) is 37.3 Å². The molecule has 2 aromatic rings. The number of nitrogens with zero attached hydrogens (tertiary/aromatic N) is 2. The molecule has 2 rings (SSSR count). The molecule has 0 saturated carbocycles. The fraction of sp³-hybridized carbons (Fsp3) is 0.474. The number of benzene rings is 1. The van der Waals surface area contributed by atoms with Crippen molar-refractivity contribution in [3.8, 4) is 0 Å². The fourth-order valence-corrected chi connectivity index (χ4v) is 2.45. The van der Waals surface area contributed by atoms with E-state index < -0.39 is 0 Å². The number of methoxy groups -OCH3 is 1. The van der Waals surface area contributed by atoms with E-state index >= 15 is 0 Å². The minimum absolute atomic E-state index is 0.248. The van der Waals surface area contributed by atoms with E-state index in [1.807, 2.05) is 6.07 Å². The van der Waals surface area contributed by atoms with Gasteiger partial charge in [0.05, 0.1) is 13.2 Å². The van der Waals surface area contributed by atoms with Crippen molar-refractivity contribution in [1.82, 2.24) is 15.2 Å². The Morgan fingerprint density at radius 2 is 2.08 bits per heavy atom. The van der Waals surface area contributed by atoms with E-state index in [2.05, 4.69) is 54.2 Å². The van der Waals surface area contributed by atoms with Crippen LogP contribution in [0.15, 0.2) is 34.9 Å². The maximum atomic E-state index is 12.0. The Morgan fingerprint density at radius 1 is 1.32 bits per heavy atom. The molecule has 0 fully saturated rings. The van der Waals surface area contributed by atoms with Crippen molar-refractivity contribution in [2.45, 2.75) is 39.9 Å². The standard InChI is InChI=1S/C19H27N3O3/c1-14(2)22(11-16-8-6-5-7-15(16)3)12-18-21-17(13-25-18)19(23)20-9-10-24-4/h5-8,13-14H,9-12H2,1-4H3,(H,20,23). The summed E-state index contributed by atoms with van der Waals surface area (Å²) in [5.74, 6) is 0.293. The molecule has 0 spiro atoms. The first kappa shape index (κ1) is 19.1. The van der Waals surface area contributed by atoms with Gasteiger partial charge in [0.1, 0.15) is 6.26 Å². The Hall–Kier alpha value is -2.18. The average molecular weight is 345 g/mol. The third-order valence-electron chi connectivity index (χ3n) is 4.08. The maximum Gasteiger partial charge on any atom is 0.273 e. The second-order valence-corrected chi connectivity index (χ2v) is 6.30. The SMILES string of the molecule is COCCNC(=O)c1coc(CN(Cc2ccccc2C)C(C)C)n1. The van der Waals surface area contributed by atoms with E-state index in [9.17, 15) is 4.79 Å².